The van der Waals surface area contributed by atoms with Crippen LogP contribution in [0.25, 0.3) is 10.9 Å². The third-order valence-electron chi connectivity index (χ3n) is 2.96. The van der Waals surface area contributed by atoms with Crippen molar-refractivity contribution < 1.29 is 4.74 Å². The van der Waals surface area contributed by atoms with E-state index in [1.165, 1.54) is 23.8 Å². The van der Waals surface area contributed by atoms with Gasteiger partial charge in [-0.05, 0) is 48.6 Å². The molecule has 76 valence electrons. The van der Waals surface area contributed by atoms with E-state index in [1.54, 1.807) is 7.11 Å². The molecule has 2 heteroatoms. The maximum absolute atomic E-state index is 5.21. The van der Waals surface area contributed by atoms with Gasteiger partial charge in [-0.2, -0.15) is 0 Å². The van der Waals surface area contributed by atoms with Crippen LogP contribution in [0.3, 0.4) is 0 Å². The van der Waals surface area contributed by atoms with Crippen molar-refractivity contribution >= 4 is 10.9 Å². The van der Waals surface area contributed by atoms with Crippen LogP contribution in [0.5, 0.6) is 5.75 Å². The van der Waals surface area contributed by atoms with E-state index in [1.807, 2.05) is 24.4 Å². The second kappa shape index (κ2) is 3.23. The van der Waals surface area contributed by atoms with E-state index in [-0.39, 0.29) is 0 Å². The van der Waals surface area contributed by atoms with E-state index in [9.17, 15) is 0 Å². The van der Waals surface area contributed by atoms with Gasteiger partial charge in [-0.15, -0.1) is 0 Å². The molecule has 0 N–H and O–H groups in total. The Morgan fingerprint density at radius 3 is 2.87 bits per heavy atom. The van der Waals surface area contributed by atoms with Gasteiger partial charge in [0.15, 0.2) is 0 Å². The summed E-state index contributed by atoms with van der Waals surface area (Å²) < 4.78 is 5.21. The summed E-state index contributed by atoms with van der Waals surface area (Å²) >= 11 is 0. The van der Waals surface area contributed by atoms with Crippen LogP contribution in [0.2, 0.25) is 0 Å². The van der Waals surface area contributed by atoms with E-state index >= 15 is 0 Å². The number of rotatable bonds is 2. The lowest BCUT2D eigenvalue weighted by molar-refractivity contribution is 0.415. The first-order valence-corrected chi connectivity index (χ1v) is 5.30. The quantitative estimate of drug-likeness (QED) is 0.741. The van der Waals surface area contributed by atoms with Crippen molar-refractivity contribution in [2.45, 2.75) is 18.8 Å². The number of ether oxygens (including phenoxy) is 1. The van der Waals surface area contributed by atoms with Gasteiger partial charge in [0.1, 0.15) is 5.75 Å². The first kappa shape index (κ1) is 8.72. The van der Waals surface area contributed by atoms with Gasteiger partial charge in [0.25, 0.3) is 0 Å². The zero-order chi connectivity index (χ0) is 10.3. The summed E-state index contributed by atoms with van der Waals surface area (Å²) in [4.78, 5) is 4.46. The molecule has 2 aromatic rings. The molecule has 1 heterocycles. The van der Waals surface area contributed by atoms with Crippen molar-refractivity contribution in [3.8, 4) is 5.75 Å². The van der Waals surface area contributed by atoms with Crippen molar-refractivity contribution in [3.05, 3.63) is 36.0 Å². The Morgan fingerprint density at radius 1 is 1.27 bits per heavy atom. The summed E-state index contributed by atoms with van der Waals surface area (Å²) in [5.74, 6) is 1.66. The molecule has 0 radical (unpaired) electrons. The molecule has 1 aromatic carbocycles. The summed E-state index contributed by atoms with van der Waals surface area (Å²) in [6, 6.07) is 8.24. The minimum absolute atomic E-state index is 0.758. The molecule has 0 bridgehead atoms. The molecule has 1 fully saturated rings. The molecule has 0 atom stereocenters. The smallest absolute Gasteiger partial charge is 0.119 e. The lowest BCUT2D eigenvalue weighted by Crippen LogP contribution is -1.86. The SMILES string of the molecule is COc1ccc2ncc(C3CC3)cc2c1. The standard InChI is InChI=1S/C13H13NO/c1-15-12-4-5-13-10(7-12)6-11(8-14-13)9-2-3-9/h4-9H,2-3H2,1H3. The van der Waals surface area contributed by atoms with Crippen LogP contribution in [0, 0.1) is 0 Å². The average Bonchev–Trinajstić information content (AvgIpc) is 3.11. The molecule has 0 aliphatic heterocycles. The molecule has 3 rings (SSSR count). The van der Waals surface area contributed by atoms with E-state index in [2.05, 4.69) is 11.1 Å². The highest BCUT2D eigenvalue weighted by molar-refractivity contribution is 5.80. The minimum atomic E-state index is 0.758. The second-order valence-electron chi connectivity index (χ2n) is 4.10. The fraction of sp³-hybridized carbons (Fsp3) is 0.308. The number of nitrogens with zero attached hydrogens (tertiary/aromatic N) is 1. The van der Waals surface area contributed by atoms with Gasteiger partial charge >= 0.3 is 0 Å². The fourth-order valence-electron chi connectivity index (χ4n) is 1.89. The van der Waals surface area contributed by atoms with E-state index in [0.29, 0.717) is 0 Å². The van der Waals surface area contributed by atoms with Crippen molar-refractivity contribution in [1.29, 1.82) is 0 Å². The molecular formula is C13H13NO. The maximum Gasteiger partial charge on any atom is 0.119 e. The van der Waals surface area contributed by atoms with Crippen LogP contribution in [0.4, 0.5) is 0 Å². The summed E-state index contributed by atoms with van der Waals surface area (Å²) in [7, 11) is 1.69. The number of benzene rings is 1. The predicted octanol–water partition coefficient (Wildman–Crippen LogP) is 3.12. The molecule has 15 heavy (non-hydrogen) atoms. The second-order valence-corrected chi connectivity index (χ2v) is 4.10. The molecule has 1 saturated carbocycles. The normalized spacial score (nSPS) is 15.5. The highest BCUT2D eigenvalue weighted by Gasteiger charge is 2.23. The fourth-order valence-corrected chi connectivity index (χ4v) is 1.89. The van der Waals surface area contributed by atoms with Crippen LogP contribution >= 0.6 is 0 Å². The Bertz CT molecular complexity index is 503. The van der Waals surface area contributed by atoms with Gasteiger partial charge in [0.05, 0.1) is 12.6 Å². The average molecular weight is 199 g/mol. The van der Waals surface area contributed by atoms with E-state index in [0.717, 1.165) is 17.2 Å². The maximum atomic E-state index is 5.21. The third kappa shape index (κ3) is 1.56. The first-order chi connectivity index (χ1) is 7.36. The monoisotopic (exact) mass is 199 g/mol. The molecule has 0 spiro atoms. The highest BCUT2D eigenvalue weighted by atomic mass is 16.5. The lowest BCUT2D eigenvalue weighted by atomic mass is 10.1. The minimum Gasteiger partial charge on any atom is -0.497 e. The number of methoxy groups -OCH3 is 1. The van der Waals surface area contributed by atoms with Crippen LogP contribution < -0.4 is 4.74 Å². The molecule has 1 aliphatic rings. The Balaban J connectivity index is 2.14. The molecule has 1 aromatic heterocycles. The van der Waals surface area contributed by atoms with Crippen LogP contribution in [-0.2, 0) is 0 Å². The Morgan fingerprint density at radius 2 is 2.13 bits per heavy atom. The molecule has 0 saturated heterocycles. The van der Waals surface area contributed by atoms with Crippen molar-refractivity contribution in [1.82, 2.24) is 4.98 Å². The summed E-state index contributed by atoms with van der Waals surface area (Å²) in [6.07, 6.45) is 4.64. The van der Waals surface area contributed by atoms with Gasteiger partial charge in [-0.3, -0.25) is 4.98 Å². The van der Waals surface area contributed by atoms with Gasteiger partial charge in [-0.1, -0.05) is 0 Å². The van der Waals surface area contributed by atoms with Gasteiger partial charge in [0.2, 0.25) is 0 Å². The zero-order valence-corrected chi connectivity index (χ0v) is 8.73. The number of hydrogen-bond donors (Lipinski definition) is 0. The summed E-state index contributed by atoms with van der Waals surface area (Å²) in [5, 5.41) is 1.18. The Hall–Kier alpha value is -1.57. The number of fused-ring (bicyclic) bond motifs is 1. The van der Waals surface area contributed by atoms with Crippen molar-refractivity contribution in [3.63, 3.8) is 0 Å². The van der Waals surface area contributed by atoms with Crippen LogP contribution in [0.15, 0.2) is 30.5 Å². The number of aromatic nitrogens is 1. The first-order valence-electron chi connectivity index (χ1n) is 5.30. The molecule has 0 unspecified atom stereocenters. The van der Waals surface area contributed by atoms with Gasteiger partial charge in [-0.25, -0.2) is 0 Å². The summed E-state index contributed by atoms with van der Waals surface area (Å²) in [6.45, 7) is 0. The number of hydrogen-bond acceptors (Lipinski definition) is 2. The van der Waals surface area contributed by atoms with Crippen LogP contribution in [0.1, 0.15) is 24.3 Å². The van der Waals surface area contributed by atoms with E-state index < -0.39 is 0 Å². The topological polar surface area (TPSA) is 22.1 Å². The molecule has 1 aliphatic carbocycles. The van der Waals surface area contributed by atoms with Crippen LogP contribution in [-0.4, -0.2) is 12.1 Å². The number of pyridine rings is 1. The molecule has 0 amide bonds. The third-order valence-corrected chi connectivity index (χ3v) is 2.96. The molecular weight excluding hydrogens is 186 g/mol. The van der Waals surface area contributed by atoms with Gasteiger partial charge < -0.3 is 4.74 Å². The molecule has 2 nitrogen and oxygen atoms in total. The largest absolute Gasteiger partial charge is 0.497 e. The van der Waals surface area contributed by atoms with Crippen molar-refractivity contribution in [2.24, 2.45) is 0 Å². The van der Waals surface area contributed by atoms with Crippen molar-refractivity contribution in [2.75, 3.05) is 7.11 Å². The highest BCUT2D eigenvalue weighted by Crippen LogP contribution is 2.40. The zero-order valence-electron chi connectivity index (χ0n) is 8.73. The predicted molar refractivity (Wildman–Crippen MR) is 60.3 cm³/mol. The van der Waals surface area contributed by atoms with E-state index in [4.69, 9.17) is 4.74 Å². The lowest BCUT2D eigenvalue weighted by Gasteiger charge is -2.03. The van der Waals surface area contributed by atoms with Gasteiger partial charge in [0, 0.05) is 11.6 Å². The Labute approximate surface area is 88.9 Å². The summed E-state index contributed by atoms with van der Waals surface area (Å²) in [5.41, 5.74) is 2.41. The Kier molecular flexibility index (Phi) is 1.88.